The van der Waals surface area contributed by atoms with Crippen molar-refractivity contribution in [1.29, 1.82) is 0 Å². The highest BCUT2D eigenvalue weighted by Gasteiger charge is 2.28. The van der Waals surface area contributed by atoms with E-state index in [4.69, 9.17) is 10.2 Å². The van der Waals surface area contributed by atoms with Gasteiger partial charge in [-0.2, -0.15) is 0 Å². The van der Waals surface area contributed by atoms with Crippen LogP contribution in [0.4, 0.5) is 0 Å². The van der Waals surface area contributed by atoms with Gasteiger partial charge in [-0.25, -0.2) is 0 Å². The molecule has 0 aliphatic rings. The van der Waals surface area contributed by atoms with E-state index in [-0.39, 0.29) is 5.41 Å². The highest BCUT2D eigenvalue weighted by molar-refractivity contribution is 4.78. The summed E-state index contributed by atoms with van der Waals surface area (Å²) in [7, 11) is 0. The van der Waals surface area contributed by atoms with Crippen LogP contribution in [0.25, 0.3) is 0 Å². The van der Waals surface area contributed by atoms with E-state index >= 15 is 0 Å². The molecular weight excluding hydrogens is 132 g/mol. The summed E-state index contributed by atoms with van der Waals surface area (Å²) in [6.45, 7) is 5.02. The highest BCUT2D eigenvalue weighted by Crippen LogP contribution is 2.21. The summed E-state index contributed by atoms with van der Waals surface area (Å²) in [5, 5.41) is 26.7. The fourth-order valence-corrected chi connectivity index (χ4v) is 0.677. The van der Waals surface area contributed by atoms with Crippen LogP contribution in [-0.4, -0.2) is 34.1 Å². The second kappa shape index (κ2) is 3.32. The molecule has 0 radical (unpaired) electrons. The topological polar surface area (TPSA) is 60.7 Å². The van der Waals surface area contributed by atoms with E-state index in [1.54, 1.807) is 20.8 Å². The Morgan fingerprint density at radius 2 is 1.60 bits per heavy atom. The van der Waals surface area contributed by atoms with Gasteiger partial charge in [0.15, 0.2) is 0 Å². The molecule has 62 valence electrons. The van der Waals surface area contributed by atoms with Gasteiger partial charge in [0.2, 0.25) is 0 Å². The second-order valence-electron chi connectivity index (χ2n) is 3.56. The summed E-state index contributed by atoms with van der Waals surface area (Å²) in [6.07, 6.45) is -1.89. The van der Waals surface area contributed by atoms with Crippen LogP contribution in [0, 0.1) is 5.41 Å². The molecule has 3 nitrogen and oxygen atoms in total. The van der Waals surface area contributed by atoms with Crippen molar-refractivity contribution in [3.8, 4) is 0 Å². The first-order chi connectivity index (χ1) is 4.39. The smallest absolute Gasteiger partial charge is 0.103 e. The summed E-state index contributed by atoms with van der Waals surface area (Å²) < 4.78 is 0. The molecule has 0 fully saturated rings. The average Bonchev–Trinajstić information content (AvgIpc) is 1.83. The Morgan fingerprint density at radius 3 is 1.70 bits per heavy atom. The fraction of sp³-hybridized carbons (Fsp3) is 1.00. The highest BCUT2D eigenvalue weighted by atomic mass is 16.4. The first-order valence-corrected chi connectivity index (χ1v) is 3.36. The first-order valence-electron chi connectivity index (χ1n) is 3.36. The van der Waals surface area contributed by atoms with Crippen LogP contribution in [0.5, 0.6) is 0 Å². The molecule has 2 unspecified atom stereocenters. The Kier molecular flexibility index (Phi) is 3.28. The lowest BCUT2D eigenvalue weighted by molar-refractivity contribution is -0.0654. The Morgan fingerprint density at radius 1 is 1.20 bits per heavy atom. The van der Waals surface area contributed by atoms with Crippen LogP contribution in [0.3, 0.4) is 0 Å². The van der Waals surface area contributed by atoms with Gasteiger partial charge in [-0.1, -0.05) is 20.8 Å². The van der Waals surface area contributed by atoms with Crippen molar-refractivity contribution in [3.63, 3.8) is 0 Å². The quantitative estimate of drug-likeness (QED) is 0.506. The molecule has 0 aliphatic carbocycles. The number of hydrogen-bond donors (Lipinski definition) is 3. The molecule has 0 saturated carbocycles. The van der Waals surface area contributed by atoms with E-state index in [0.717, 1.165) is 0 Å². The maximum absolute atomic E-state index is 9.24. The van der Waals surface area contributed by atoms with Crippen molar-refractivity contribution in [2.75, 3.05) is 6.61 Å². The molecule has 0 amide bonds. The van der Waals surface area contributed by atoms with E-state index in [2.05, 4.69) is 0 Å². The molecule has 0 spiro atoms. The molecule has 0 aromatic rings. The lowest BCUT2D eigenvalue weighted by Crippen LogP contribution is -2.39. The van der Waals surface area contributed by atoms with Crippen molar-refractivity contribution in [1.82, 2.24) is 0 Å². The van der Waals surface area contributed by atoms with Crippen molar-refractivity contribution >= 4 is 0 Å². The van der Waals surface area contributed by atoms with E-state index < -0.39 is 18.8 Å². The van der Waals surface area contributed by atoms with Gasteiger partial charge < -0.3 is 15.3 Å². The van der Waals surface area contributed by atoms with Gasteiger partial charge in [0.25, 0.3) is 0 Å². The monoisotopic (exact) mass is 148 g/mol. The van der Waals surface area contributed by atoms with Gasteiger partial charge in [0, 0.05) is 0 Å². The SMILES string of the molecule is CC(C)(C)C(O)C(O)CO. The first kappa shape index (κ1) is 9.88. The van der Waals surface area contributed by atoms with Gasteiger partial charge in [-0.3, -0.25) is 0 Å². The number of aliphatic hydroxyl groups excluding tert-OH is 3. The molecule has 0 heterocycles. The molecule has 0 aliphatic heterocycles. The lowest BCUT2D eigenvalue weighted by atomic mass is 9.86. The van der Waals surface area contributed by atoms with Crippen LogP contribution in [0.2, 0.25) is 0 Å². The normalized spacial score (nSPS) is 18.6. The Hall–Kier alpha value is -0.120. The Balaban J connectivity index is 3.94. The van der Waals surface area contributed by atoms with Gasteiger partial charge in [-0.05, 0) is 5.41 Å². The summed E-state index contributed by atoms with van der Waals surface area (Å²) in [5.74, 6) is 0. The van der Waals surface area contributed by atoms with Gasteiger partial charge in [0.05, 0.1) is 12.7 Å². The molecule has 0 aromatic carbocycles. The number of hydrogen-bond acceptors (Lipinski definition) is 3. The lowest BCUT2D eigenvalue weighted by Gasteiger charge is -2.28. The van der Waals surface area contributed by atoms with Gasteiger partial charge in [0.1, 0.15) is 6.10 Å². The van der Waals surface area contributed by atoms with Crippen LogP contribution in [-0.2, 0) is 0 Å². The van der Waals surface area contributed by atoms with Crippen molar-refractivity contribution in [3.05, 3.63) is 0 Å². The van der Waals surface area contributed by atoms with E-state index in [1.165, 1.54) is 0 Å². The molecule has 0 rings (SSSR count). The van der Waals surface area contributed by atoms with Gasteiger partial charge in [-0.15, -0.1) is 0 Å². The molecule has 3 heteroatoms. The fourth-order valence-electron chi connectivity index (χ4n) is 0.677. The second-order valence-corrected chi connectivity index (χ2v) is 3.56. The predicted octanol–water partition coefficient (Wildman–Crippen LogP) is -0.253. The average molecular weight is 148 g/mol. The number of rotatable bonds is 2. The van der Waals surface area contributed by atoms with Crippen molar-refractivity contribution in [2.24, 2.45) is 5.41 Å². The summed E-state index contributed by atoms with van der Waals surface area (Å²) in [4.78, 5) is 0. The largest absolute Gasteiger partial charge is 0.394 e. The molecule has 0 saturated heterocycles. The third-order valence-corrected chi connectivity index (χ3v) is 1.44. The zero-order valence-electron chi connectivity index (χ0n) is 6.70. The summed E-state index contributed by atoms with van der Waals surface area (Å²) in [5.41, 5.74) is -0.373. The zero-order valence-corrected chi connectivity index (χ0v) is 6.70. The molecule has 0 aromatic heterocycles. The minimum atomic E-state index is -1.03. The maximum Gasteiger partial charge on any atom is 0.103 e. The summed E-state index contributed by atoms with van der Waals surface area (Å²) >= 11 is 0. The Bertz CT molecular complexity index is 95.5. The van der Waals surface area contributed by atoms with Crippen LogP contribution in [0.15, 0.2) is 0 Å². The standard InChI is InChI=1S/C7H16O3/c1-7(2,3)6(10)5(9)4-8/h5-6,8-10H,4H2,1-3H3. The van der Waals surface area contributed by atoms with Crippen molar-refractivity contribution < 1.29 is 15.3 Å². The number of aliphatic hydroxyl groups is 3. The molecule has 0 bridgehead atoms. The van der Waals surface area contributed by atoms with E-state index in [0.29, 0.717) is 0 Å². The van der Waals surface area contributed by atoms with Crippen LogP contribution < -0.4 is 0 Å². The third kappa shape index (κ3) is 2.64. The maximum atomic E-state index is 9.24. The molecule has 10 heavy (non-hydrogen) atoms. The van der Waals surface area contributed by atoms with Crippen molar-refractivity contribution in [2.45, 2.75) is 33.0 Å². The van der Waals surface area contributed by atoms with Gasteiger partial charge >= 0.3 is 0 Å². The third-order valence-electron chi connectivity index (χ3n) is 1.44. The minimum absolute atomic E-state index is 0.373. The van der Waals surface area contributed by atoms with Crippen LogP contribution >= 0.6 is 0 Å². The molecule has 3 N–H and O–H groups in total. The summed E-state index contributed by atoms with van der Waals surface area (Å²) in [6, 6.07) is 0. The predicted molar refractivity (Wildman–Crippen MR) is 38.6 cm³/mol. The van der Waals surface area contributed by atoms with Crippen LogP contribution in [0.1, 0.15) is 20.8 Å². The minimum Gasteiger partial charge on any atom is -0.394 e. The van der Waals surface area contributed by atoms with E-state index in [9.17, 15) is 5.11 Å². The molecule has 2 atom stereocenters. The molecular formula is C7H16O3. The Labute approximate surface area is 61.3 Å². The van der Waals surface area contributed by atoms with E-state index in [1.807, 2.05) is 0 Å². The zero-order chi connectivity index (χ0) is 8.36.